The summed E-state index contributed by atoms with van der Waals surface area (Å²) in [5.74, 6) is 1.07. The molecule has 0 aliphatic heterocycles. The van der Waals surface area contributed by atoms with Gasteiger partial charge < -0.3 is 14.6 Å². The number of methoxy groups -OCH3 is 1. The van der Waals surface area contributed by atoms with E-state index in [1.165, 1.54) is 0 Å². The Kier molecular flexibility index (Phi) is 5.32. The topological polar surface area (TPSA) is 38.7 Å². The molecule has 17 heavy (non-hydrogen) atoms. The molecule has 4 heteroatoms. The van der Waals surface area contributed by atoms with Crippen molar-refractivity contribution in [2.75, 3.05) is 13.7 Å². The smallest absolute Gasteiger partial charge is 0.166 e. The van der Waals surface area contributed by atoms with Gasteiger partial charge in [0.05, 0.1) is 20.3 Å². The minimum atomic E-state index is -0.140. The highest BCUT2D eigenvalue weighted by Crippen LogP contribution is 2.34. The molecule has 0 amide bonds. The van der Waals surface area contributed by atoms with Crippen LogP contribution in [0, 0.1) is 0 Å². The maximum Gasteiger partial charge on any atom is 0.166 e. The standard InChI is InChI=1S/C13H17ClO3/c1-9(2)4-5-17-13-10(8-15)6-11(14)7-12(13)16-3/h6-7,15H,1,4-5,8H2,2-3H3. The van der Waals surface area contributed by atoms with E-state index in [9.17, 15) is 5.11 Å². The maximum absolute atomic E-state index is 9.26. The summed E-state index contributed by atoms with van der Waals surface area (Å²) in [5.41, 5.74) is 1.67. The molecular weight excluding hydrogens is 240 g/mol. The maximum atomic E-state index is 9.26. The van der Waals surface area contributed by atoms with Gasteiger partial charge in [0.25, 0.3) is 0 Å². The predicted octanol–water partition coefficient (Wildman–Crippen LogP) is 3.19. The number of benzene rings is 1. The number of ether oxygens (including phenoxy) is 2. The molecule has 94 valence electrons. The molecule has 0 aliphatic rings. The largest absolute Gasteiger partial charge is 0.493 e. The molecule has 1 aromatic carbocycles. The molecule has 0 aromatic heterocycles. The Morgan fingerprint density at radius 3 is 2.71 bits per heavy atom. The lowest BCUT2D eigenvalue weighted by Gasteiger charge is -2.14. The van der Waals surface area contributed by atoms with Gasteiger partial charge in [-0.1, -0.05) is 17.2 Å². The summed E-state index contributed by atoms with van der Waals surface area (Å²) >= 11 is 5.90. The van der Waals surface area contributed by atoms with E-state index in [1.807, 2.05) is 6.92 Å². The van der Waals surface area contributed by atoms with Gasteiger partial charge in [-0.3, -0.25) is 0 Å². The molecule has 0 fully saturated rings. The zero-order valence-corrected chi connectivity index (χ0v) is 10.9. The van der Waals surface area contributed by atoms with E-state index in [0.29, 0.717) is 28.7 Å². The molecule has 0 heterocycles. The Balaban J connectivity index is 2.90. The first kappa shape index (κ1) is 13.9. The van der Waals surface area contributed by atoms with Gasteiger partial charge in [-0.2, -0.15) is 0 Å². The summed E-state index contributed by atoms with van der Waals surface area (Å²) in [6.07, 6.45) is 0.761. The van der Waals surface area contributed by atoms with Crippen LogP contribution in [0.1, 0.15) is 18.9 Å². The number of rotatable bonds is 6. The van der Waals surface area contributed by atoms with E-state index in [2.05, 4.69) is 6.58 Å². The molecule has 0 aliphatic carbocycles. The zero-order valence-electron chi connectivity index (χ0n) is 10.1. The molecule has 0 bridgehead atoms. The molecule has 0 spiro atoms. The highest BCUT2D eigenvalue weighted by atomic mass is 35.5. The van der Waals surface area contributed by atoms with Crippen LogP contribution in [0.4, 0.5) is 0 Å². The highest BCUT2D eigenvalue weighted by molar-refractivity contribution is 6.30. The van der Waals surface area contributed by atoms with Crippen molar-refractivity contribution in [1.82, 2.24) is 0 Å². The summed E-state index contributed by atoms with van der Waals surface area (Å²) in [6, 6.07) is 3.33. The number of aliphatic hydroxyl groups excluding tert-OH is 1. The van der Waals surface area contributed by atoms with Gasteiger partial charge in [0, 0.05) is 23.1 Å². The van der Waals surface area contributed by atoms with Gasteiger partial charge in [-0.25, -0.2) is 0 Å². The van der Waals surface area contributed by atoms with Gasteiger partial charge in [0.2, 0.25) is 0 Å². The fourth-order valence-corrected chi connectivity index (χ4v) is 1.61. The summed E-state index contributed by atoms with van der Waals surface area (Å²) in [4.78, 5) is 0. The van der Waals surface area contributed by atoms with Gasteiger partial charge in [-0.05, 0) is 13.0 Å². The number of hydrogen-bond acceptors (Lipinski definition) is 3. The summed E-state index contributed by atoms with van der Waals surface area (Å²) in [7, 11) is 1.54. The quantitative estimate of drug-likeness (QED) is 0.795. The molecular formula is C13H17ClO3. The van der Waals surface area contributed by atoms with Crippen LogP contribution in [0.15, 0.2) is 24.3 Å². The van der Waals surface area contributed by atoms with Gasteiger partial charge >= 0.3 is 0 Å². The fourth-order valence-electron chi connectivity index (χ4n) is 1.38. The Bertz CT molecular complexity index is 377. The summed E-state index contributed by atoms with van der Waals surface area (Å²) in [6.45, 7) is 6.10. The van der Waals surface area contributed by atoms with E-state index in [0.717, 1.165) is 12.0 Å². The Hall–Kier alpha value is -1.19. The molecule has 0 unspecified atom stereocenters. The minimum Gasteiger partial charge on any atom is -0.493 e. The second-order valence-electron chi connectivity index (χ2n) is 3.81. The third-order valence-corrected chi connectivity index (χ3v) is 2.48. The van der Waals surface area contributed by atoms with Crippen molar-refractivity contribution in [3.8, 4) is 11.5 Å². The van der Waals surface area contributed by atoms with Crippen molar-refractivity contribution in [3.63, 3.8) is 0 Å². The average molecular weight is 257 g/mol. The Morgan fingerprint density at radius 2 is 2.18 bits per heavy atom. The Morgan fingerprint density at radius 1 is 1.47 bits per heavy atom. The first-order valence-corrected chi connectivity index (χ1v) is 5.70. The van der Waals surface area contributed by atoms with Crippen LogP contribution in [-0.2, 0) is 6.61 Å². The fraction of sp³-hybridized carbons (Fsp3) is 0.385. The average Bonchev–Trinajstić information content (AvgIpc) is 2.29. The van der Waals surface area contributed by atoms with Crippen LogP contribution in [0.25, 0.3) is 0 Å². The van der Waals surface area contributed by atoms with Crippen LogP contribution in [0.5, 0.6) is 11.5 Å². The van der Waals surface area contributed by atoms with Crippen molar-refractivity contribution in [1.29, 1.82) is 0 Å². The first-order chi connectivity index (χ1) is 8.08. The molecule has 1 N–H and O–H groups in total. The lowest BCUT2D eigenvalue weighted by Crippen LogP contribution is -2.03. The van der Waals surface area contributed by atoms with Gasteiger partial charge in [0.1, 0.15) is 0 Å². The van der Waals surface area contributed by atoms with Crippen LogP contribution >= 0.6 is 11.6 Å². The molecule has 0 radical (unpaired) electrons. The minimum absolute atomic E-state index is 0.140. The van der Waals surface area contributed by atoms with Crippen molar-refractivity contribution in [2.45, 2.75) is 20.0 Å². The molecule has 1 aromatic rings. The SMILES string of the molecule is C=C(C)CCOc1c(CO)cc(Cl)cc1OC. The lowest BCUT2D eigenvalue weighted by atomic mass is 10.2. The molecule has 0 saturated carbocycles. The van der Waals surface area contributed by atoms with Crippen LogP contribution in [0.2, 0.25) is 5.02 Å². The van der Waals surface area contributed by atoms with E-state index in [4.69, 9.17) is 21.1 Å². The van der Waals surface area contributed by atoms with Crippen molar-refractivity contribution in [2.24, 2.45) is 0 Å². The molecule has 3 nitrogen and oxygen atoms in total. The summed E-state index contributed by atoms with van der Waals surface area (Å²) in [5, 5.41) is 9.77. The highest BCUT2D eigenvalue weighted by Gasteiger charge is 2.12. The lowest BCUT2D eigenvalue weighted by molar-refractivity contribution is 0.256. The van der Waals surface area contributed by atoms with Crippen LogP contribution in [-0.4, -0.2) is 18.8 Å². The Labute approximate surface area is 107 Å². The third-order valence-electron chi connectivity index (χ3n) is 2.26. The predicted molar refractivity (Wildman–Crippen MR) is 68.9 cm³/mol. The first-order valence-electron chi connectivity index (χ1n) is 5.33. The second kappa shape index (κ2) is 6.52. The van der Waals surface area contributed by atoms with E-state index in [1.54, 1.807) is 19.2 Å². The van der Waals surface area contributed by atoms with Crippen LogP contribution < -0.4 is 9.47 Å². The van der Waals surface area contributed by atoms with E-state index < -0.39 is 0 Å². The molecule has 1 rings (SSSR count). The number of hydrogen-bond donors (Lipinski definition) is 1. The van der Waals surface area contributed by atoms with Crippen molar-refractivity contribution in [3.05, 3.63) is 34.9 Å². The molecule has 0 atom stereocenters. The second-order valence-corrected chi connectivity index (χ2v) is 4.25. The van der Waals surface area contributed by atoms with Gasteiger partial charge in [0.15, 0.2) is 11.5 Å². The number of aliphatic hydroxyl groups is 1. The van der Waals surface area contributed by atoms with Crippen LogP contribution in [0.3, 0.4) is 0 Å². The normalized spacial score (nSPS) is 10.1. The van der Waals surface area contributed by atoms with Crippen molar-refractivity contribution >= 4 is 11.6 Å². The van der Waals surface area contributed by atoms with E-state index in [-0.39, 0.29) is 6.61 Å². The van der Waals surface area contributed by atoms with Gasteiger partial charge in [-0.15, -0.1) is 6.58 Å². The van der Waals surface area contributed by atoms with Crippen molar-refractivity contribution < 1.29 is 14.6 Å². The monoisotopic (exact) mass is 256 g/mol. The zero-order chi connectivity index (χ0) is 12.8. The number of halogens is 1. The third kappa shape index (κ3) is 3.95. The molecule has 0 saturated heterocycles. The summed E-state index contributed by atoms with van der Waals surface area (Å²) < 4.78 is 10.8. The van der Waals surface area contributed by atoms with E-state index >= 15 is 0 Å².